The van der Waals surface area contributed by atoms with Gasteiger partial charge in [-0.15, -0.1) is 0 Å². The van der Waals surface area contributed by atoms with Crippen molar-refractivity contribution < 1.29 is 0 Å². The molecule has 0 aliphatic rings. The number of aryl methyl sites for hydroxylation is 2. The first-order chi connectivity index (χ1) is 8.06. The molecule has 1 aromatic heterocycles. The number of halogens is 2. The molecule has 0 radical (unpaired) electrons. The Labute approximate surface area is 119 Å². The molecule has 1 aromatic carbocycles. The van der Waals surface area contributed by atoms with Gasteiger partial charge in [0.2, 0.25) is 0 Å². The van der Waals surface area contributed by atoms with Crippen LogP contribution in [-0.4, -0.2) is 9.78 Å². The molecular weight excluding hydrogens is 349 g/mol. The molecular formula is C12H13ClIN3. The van der Waals surface area contributed by atoms with Gasteiger partial charge >= 0.3 is 0 Å². The highest BCUT2D eigenvalue weighted by Gasteiger charge is 2.04. The molecule has 0 saturated heterocycles. The zero-order valence-corrected chi connectivity index (χ0v) is 12.6. The first-order valence-electron chi connectivity index (χ1n) is 5.24. The molecule has 0 aliphatic heterocycles. The normalized spacial score (nSPS) is 10.6. The molecule has 0 fully saturated rings. The van der Waals surface area contributed by atoms with Gasteiger partial charge in [-0.3, -0.25) is 4.68 Å². The van der Waals surface area contributed by atoms with E-state index >= 15 is 0 Å². The molecule has 3 nitrogen and oxygen atoms in total. The fraction of sp³-hybridized carbons (Fsp3) is 0.250. The van der Waals surface area contributed by atoms with Gasteiger partial charge in [0, 0.05) is 28.9 Å². The Kier molecular flexibility index (Phi) is 3.93. The number of nitrogens with one attached hydrogen (secondary N) is 1. The molecule has 0 spiro atoms. The third-order valence-corrected chi connectivity index (χ3v) is 3.50. The zero-order valence-electron chi connectivity index (χ0n) is 9.67. The van der Waals surface area contributed by atoms with Crippen molar-refractivity contribution in [2.45, 2.75) is 13.5 Å². The lowest BCUT2D eigenvalue weighted by atomic mass is 10.2. The Morgan fingerprint density at radius 2 is 2.24 bits per heavy atom. The smallest absolute Gasteiger partial charge is 0.0648 e. The zero-order chi connectivity index (χ0) is 12.4. The predicted octanol–water partition coefficient (Wildman–Crippen LogP) is 3.60. The van der Waals surface area contributed by atoms with Crippen molar-refractivity contribution >= 4 is 39.9 Å². The fourth-order valence-corrected chi connectivity index (χ4v) is 2.57. The van der Waals surface area contributed by atoms with E-state index in [1.165, 1.54) is 5.56 Å². The van der Waals surface area contributed by atoms with Crippen LogP contribution in [-0.2, 0) is 13.6 Å². The summed E-state index contributed by atoms with van der Waals surface area (Å²) in [5, 5.41) is 8.37. The topological polar surface area (TPSA) is 29.9 Å². The molecule has 90 valence electrons. The summed E-state index contributed by atoms with van der Waals surface area (Å²) < 4.78 is 2.96. The summed E-state index contributed by atoms with van der Waals surface area (Å²) in [5.74, 6) is 0. The van der Waals surface area contributed by atoms with Crippen molar-refractivity contribution in [1.29, 1.82) is 0 Å². The maximum atomic E-state index is 6.15. The molecule has 2 aromatic rings. The van der Waals surface area contributed by atoms with Gasteiger partial charge in [-0.2, -0.15) is 5.10 Å². The number of aromatic nitrogens is 2. The summed E-state index contributed by atoms with van der Waals surface area (Å²) in [5.41, 5.74) is 3.18. The molecule has 0 amide bonds. The van der Waals surface area contributed by atoms with Crippen LogP contribution in [0.4, 0.5) is 5.69 Å². The number of hydrogen-bond donors (Lipinski definition) is 1. The largest absolute Gasteiger partial charge is 0.380 e. The lowest BCUT2D eigenvalue weighted by Gasteiger charge is -2.07. The molecule has 0 bridgehead atoms. The minimum absolute atomic E-state index is 0.736. The number of hydrogen-bond acceptors (Lipinski definition) is 2. The summed E-state index contributed by atoms with van der Waals surface area (Å²) in [6.07, 6.45) is 2.02. The maximum Gasteiger partial charge on any atom is 0.0648 e. The van der Waals surface area contributed by atoms with Crippen LogP contribution in [0.3, 0.4) is 0 Å². The van der Waals surface area contributed by atoms with E-state index in [-0.39, 0.29) is 0 Å². The van der Waals surface area contributed by atoms with Gasteiger partial charge in [-0.25, -0.2) is 0 Å². The third kappa shape index (κ3) is 3.13. The number of benzene rings is 1. The average molecular weight is 362 g/mol. The van der Waals surface area contributed by atoms with Gasteiger partial charge in [0.1, 0.15) is 0 Å². The molecule has 0 atom stereocenters. The molecule has 17 heavy (non-hydrogen) atoms. The van der Waals surface area contributed by atoms with E-state index in [2.05, 4.69) is 33.0 Å². The summed E-state index contributed by atoms with van der Waals surface area (Å²) in [7, 11) is 1.92. The van der Waals surface area contributed by atoms with E-state index in [0.717, 1.165) is 26.5 Å². The first-order valence-corrected chi connectivity index (χ1v) is 6.70. The Morgan fingerprint density at radius 3 is 2.82 bits per heavy atom. The van der Waals surface area contributed by atoms with E-state index in [0.29, 0.717) is 0 Å². The molecule has 2 rings (SSSR count). The van der Waals surface area contributed by atoms with Crippen LogP contribution in [0, 0.1) is 10.5 Å². The van der Waals surface area contributed by atoms with Gasteiger partial charge in [0.05, 0.1) is 16.4 Å². The standard InChI is InChI=1S/C12H13ClIN3/c1-8-9(7-17(2)16-8)6-15-12-4-3-10(14)5-11(12)13/h3-5,7,15H,6H2,1-2H3. The second kappa shape index (κ2) is 5.27. The SMILES string of the molecule is Cc1nn(C)cc1CNc1ccc(I)cc1Cl. The highest BCUT2D eigenvalue weighted by Crippen LogP contribution is 2.24. The average Bonchev–Trinajstić information content (AvgIpc) is 2.56. The quantitative estimate of drug-likeness (QED) is 0.847. The lowest BCUT2D eigenvalue weighted by Crippen LogP contribution is -2.00. The predicted molar refractivity (Wildman–Crippen MR) is 79.4 cm³/mol. The maximum absolute atomic E-state index is 6.15. The van der Waals surface area contributed by atoms with Crippen LogP contribution in [0.2, 0.25) is 5.02 Å². The van der Waals surface area contributed by atoms with Crippen molar-refractivity contribution in [3.63, 3.8) is 0 Å². The number of rotatable bonds is 3. The second-order valence-electron chi connectivity index (χ2n) is 3.89. The van der Waals surface area contributed by atoms with Gasteiger partial charge in [0.15, 0.2) is 0 Å². The summed E-state index contributed by atoms with van der Waals surface area (Å²) in [4.78, 5) is 0. The second-order valence-corrected chi connectivity index (χ2v) is 5.54. The lowest BCUT2D eigenvalue weighted by molar-refractivity contribution is 0.756. The van der Waals surface area contributed by atoms with E-state index in [4.69, 9.17) is 11.6 Å². The van der Waals surface area contributed by atoms with Crippen LogP contribution in [0.5, 0.6) is 0 Å². The van der Waals surface area contributed by atoms with Crippen molar-refractivity contribution in [2.24, 2.45) is 7.05 Å². The Balaban J connectivity index is 2.10. The molecule has 0 saturated carbocycles. The summed E-state index contributed by atoms with van der Waals surface area (Å²) in [6.45, 7) is 2.74. The van der Waals surface area contributed by atoms with Gasteiger partial charge in [0.25, 0.3) is 0 Å². The molecule has 5 heteroatoms. The monoisotopic (exact) mass is 361 g/mol. The molecule has 1 N–H and O–H groups in total. The van der Waals surface area contributed by atoms with Gasteiger partial charge in [-0.1, -0.05) is 11.6 Å². The highest BCUT2D eigenvalue weighted by molar-refractivity contribution is 14.1. The summed E-state index contributed by atoms with van der Waals surface area (Å²) in [6, 6.07) is 5.97. The Morgan fingerprint density at radius 1 is 1.47 bits per heavy atom. The van der Waals surface area contributed by atoms with Crippen molar-refractivity contribution in [2.75, 3.05) is 5.32 Å². The molecule has 0 unspecified atom stereocenters. The Hall–Kier alpha value is -0.750. The number of nitrogens with zero attached hydrogens (tertiary/aromatic N) is 2. The van der Waals surface area contributed by atoms with Crippen LogP contribution in [0.1, 0.15) is 11.3 Å². The van der Waals surface area contributed by atoms with Crippen LogP contribution in [0.25, 0.3) is 0 Å². The number of anilines is 1. The van der Waals surface area contributed by atoms with Crippen LogP contribution >= 0.6 is 34.2 Å². The van der Waals surface area contributed by atoms with E-state index in [9.17, 15) is 0 Å². The molecule has 1 heterocycles. The van der Waals surface area contributed by atoms with Crippen LogP contribution in [0.15, 0.2) is 24.4 Å². The van der Waals surface area contributed by atoms with Crippen LogP contribution < -0.4 is 5.32 Å². The fourth-order valence-electron chi connectivity index (χ4n) is 1.65. The van der Waals surface area contributed by atoms with Crippen molar-refractivity contribution in [1.82, 2.24) is 9.78 Å². The van der Waals surface area contributed by atoms with E-state index in [1.807, 2.05) is 43.0 Å². The van der Waals surface area contributed by atoms with Crippen molar-refractivity contribution in [3.8, 4) is 0 Å². The third-order valence-electron chi connectivity index (χ3n) is 2.52. The minimum Gasteiger partial charge on any atom is -0.380 e. The minimum atomic E-state index is 0.736. The first kappa shape index (κ1) is 12.7. The van der Waals surface area contributed by atoms with Gasteiger partial charge in [-0.05, 0) is 47.7 Å². The highest BCUT2D eigenvalue weighted by atomic mass is 127. The summed E-state index contributed by atoms with van der Waals surface area (Å²) >= 11 is 8.40. The Bertz CT molecular complexity index is 537. The molecule has 0 aliphatic carbocycles. The van der Waals surface area contributed by atoms with Crippen molar-refractivity contribution in [3.05, 3.63) is 44.2 Å². The van der Waals surface area contributed by atoms with E-state index in [1.54, 1.807) is 0 Å². The van der Waals surface area contributed by atoms with Gasteiger partial charge < -0.3 is 5.32 Å². The van der Waals surface area contributed by atoms with E-state index < -0.39 is 0 Å².